The number of benzene rings is 1. The van der Waals surface area contributed by atoms with E-state index in [0.717, 1.165) is 11.4 Å². The van der Waals surface area contributed by atoms with Crippen LogP contribution >= 0.6 is 7.60 Å². The van der Waals surface area contributed by atoms with Gasteiger partial charge in [0.25, 0.3) is 0 Å². The van der Waals surface area contributed by atoms with Crippen molar-refractivity contribution < 1.29 is 33.4 Å². The normalized spacial score (nSPS) is 20.8. The number of nitrogens with zero attached hydrogens (tertiary/aromatic N) is 4. The highest BCUT2D eigenvalue weighted by Gasteiger charge is 2.39. The highest BCUT2D eigenvalue weighted by Crippen LogP contribution is 2.39. The lowest BCUT2D eigenvalue weighted by Gasteiger charge is -2.20. The highest BCUT2D eigenvalue weighted by atomic mass is 31.2. The van der Waals surface area contributed by atoms with Gasteiger partial charge in [0.15, 0.2) is 11.9 Å². The summed E-state index contributed by atoms with van der Waals surface area (Å²) in [5, 5.41) is 4.95. The molecule has 0 bridgehead atoms. The van der Waals surface area contributed by atoms with Crippen LogP contribution in [-0.2, 0) is 30.2 Å². The average molecular weight is 501 g/mol. The van der Waals surface area contributed by atoms with E-state index in [-0.39, 0.29) is 12.4 Å². The van der Waals surface area contributed by atoms with Crippen LogP contribution in [0.4, 0.5) is 5.82 Å². The first-order valence-electron chi connectivity index (χ1n) is 10.6. The zero-order valence-corrected chi connectivity index (χ0v) is 19.6. The Bertz CT molecular complexity index is 1300. The Morgan fingerprint density at radius 2 is 2.09 bits per heavy atom. The molecule has 0 spiro atoms. The Kier molecular flexibility index (Phi) is 7.39. The molecule has 3 atom stereocenters. The van der Waals surface area contributed by atoms with Gasteiger partial charge in [-0.05, 0) is 17.7 Å². The largest absolute Gasteiger partial charge is 0.466 e. The van der Waals surface area contributed by atoms with Gasteiger partial charge in [-0.25, -0.2) is 19.4 Å². The van der Waals surface area contributed by atoms with E-state index in [9.17, 15) is 19.1 Å². The van der Waals surface area contributed by atoms with Crippen LogP contribution < -0.4 is 5.73 Å². The molecule has 0 amide bonds. The van der Waals surface area contributed by atoms with E-state index < -0.39 is 32.0 Å². The zero-order valence-electron chi connectivity index (χ0n) is 18.7. The third kappa shape index (κ3) is 5.99. The third-order valence-electron chi connectivity index (χ3n) is 5.26. The maximum absolute atomic E-state index is 11.6. The van der Waals surface area contributed by atoms with E-state index in [1.807, 2.05) is 30.3 Å². The van der Waals surface area contributed by atoms with Gasteiger partial charge in [0.2, 0.25) is 0 Å². The zero-order chi connectivity index (χ0) is 25.0. The van der Waals surface area contributed by atoms with Crippen LogP contribution in [0.1, 0.15) is 23.9 Å². The van der Waals surface area contributed by atoms with Crippen LogP contribution in [0.5, 0.6) is 0 Å². The molecule has 0 unspecified atom stereocenters. The number of nitrogens with two attached hydrogens (primary N) is 1. The number of esters is 1. The van der Waals surface area contributed by atoms with E-state index >= 15 is 0 Å². The summed E-state index contributed by atoms with van der Waals surface area (Å²) in [6.45, 7) is 0.283. The Balaban J connectivity index is 1.70. The minimum Gasteiger partial charge on any atom is -0.466 e. The molecule has 12 nitrogen and oxygen atoms in total. The van der Waals surface area contributed by atoms with Gasteiger partial charge in [-0.15, -0.1) is 0 Å². The van der Waals surface area contributed by atoms with Crippen LogP contribution in [0.3, 0.4) is 0 Å². The van der Waals surface area contributed by atoms with Gasteiger partial charge >= 0.3 is 13.6 Å². The number of hydrogen-bond acceptors (Lipinski definition) is 9. The predicted molar refractivity (Wildman–Crippen MR) is 126 cm³/mol. The number of carbonyl (C=O) groups is 1. The summed E-state index contributed by atoms with van der Waals surface area (Å²) in [5.74, 6) is 0.385. The Morgan fingerprint density at radius 3 is 2.80 bits per heavy atom. The van der Waals surface area contributed by atoms with Gasteiger partial charge in [-0.3, -0.25) is 4.57 Å². The fraction of sp³-hybridized carbons (Fsp3) is 0.273. The monoisotopic (exact) mass is 501 g/mol. The van der Waals surface area contributed by atoms with Crippen molar-refractivity contribution in [1.29, 1.82) is 0 Å². The minimum absolute atomic E-state index is 0.156. The van der Waals surface area contributed by atoms with E-state index in [0.29, 0.717) is 23.1 Å². The van der Waals surface area contributed by atoms with Crippen LogP contribution in [0.15, 0.2) is 54.6 Å². The van der Waals surface area contributed by atoms with Crippen LogP contribution in [0, 0.1) is 0 Å². The predicted octanol–water partition coefficient (Wildman–Crippen LogP) is 2.16. The van der Waals surface area contributed by atoms with Crippen molar-refractivity contribution in [3.8, 4) is 0 Å². The maximum Gasteiger partial charge on any atom is 0.348 e. The second-order valence-corrected chi connectivity index (χ2v) is 9.19. The van der Waals surface area contributed by atoms with E-state index in [1.165, 1.54) is 36.3 Å². The number of aromatic nitrogens is 4. The lowest BCUT2D eigenvalue weighted by Crippen LogP contribution is -2.24. The fourth-order valence-electron chi connectivity index (χ4n) is 3.67. The standard InChI is InChI=1S/C22H24N5O7P/c1-32-18(28)8-7-16-19-20(23)24-13-25-21(19)27(26-16)22-17(33-12-14-5-3-2-4-6-14)11-15(34-22)9-10-35(29,30)31/h2-10,13,15,17,22H,11-12H2,1H3,(H2,23,24,25)(H2,29,30,31)/b8-7+,10-9+/t15-,17-,22-/m1/s1. The number of anilines is 1. The summed E-state index contributed by atoms with van der Waals surface area (Å²) in [6, 6.07) is 9.53. The molecule has 0 radical (unpaired) electrons. The number of methoxy groups -OCH3 is 1. The summed E-state index contributed by atoms with van der Waals surface area (Å²) in [4.78, 5) is 38.4. The van der Waals surface area contributed by atoms with Gasteiger partial charge in [-0.1, -0.05) is 30.3 Å². The molecular weight excluding hydrogens is 477 g/mol. The molecule has 2 aromatic heterocycles. The fourth-order valence-corrected chi connectivity index (χ4v) is 4.09. The van der Waals surface area contributed by atoms with E-state index in [4.69, 9.17) is 15.2 Å². The van der Waals surface area contributed by atoms with Crippen molar-refractivity contribution in [1.82, 2.24) is 19.7 Å². The molecule has 1 saturated heterocycles. The first-order valence-corrected chi connectivity index (χ1v) is 12.2. The van der Waals surface area contributed by atoms with E-state index in [1.54, 1.807) is 0 Å². The first-order chi connectivity index (χ1) is 16.7. The summed E-state index contributed by atoms with van der Waals surface area (Å²) in [5.41, 5.74) is 7.69. The van der Waals surface area contributed by atoms with Crippen LogP contribution in [0.25, 0.3) is 17.1 Å². The number of ether oxygens (including phenoxy) is 3. The minimum atomic E-state index is -4.37. The molecule has 1 aromatic carbocycles. The molecule has 1 aliphatic rings. The van der Waals surface area contributed by atoms with Crippen molar-refractivity contribution >= 4 is 36.5 Å². The van der Waals surface area contributed by atoms with Crippen molar-refractivity contribution in [2.45, 2.75) is 31.5 Å². The first kappa shape index (κ1) is 24.7. The van der Waals surface area contributed by atoms with Gasteiger partial charge < -0.3 is 29.7 Å². The quantitative estimate of drug-likeness (QED) is 0.235. The molecule has 3 aromatic rings. The SMILES string of the molecule is COC(=O)/C=C/c1nn([C@@H]2O[C@H](/C=C/P(=O)(O)O)C[C@H]2OCc2ccccc2)c2ncnc(N)c12. The summed E-state index contributed by atoms with van der Waals surface area (Å²) in [7, 11) is -3.11. The van der Waals surface area contributed by atoms with Crippen LogP contribution in [-0.4, -0.2) is 54.8 Å². The lowest BCUT2D eigenvalue weighted by molar-refractivity contribution is -0.134. The molecule has 1 fully saturated rings. The second kappa shape index (κ2) is 10.5. The van der Waals surface area contributed by atoms with Crippen molar-refractivity contribution in [2.75, 3.05) is 12.8 Å². The van der Waals surface area contributed by atoms with Gasteiger partial charge in [-0.2, -0.15) is 5.10 Å². The smallest absolute Gasteiger partial charge is 0.348 e. The van der Waals surface area contributed by atoms with Gasteiger partial charge in [0.1, 0.15) is 18.2 Å². The molecule has 13 heteroatoms. The molecule has 0 aliphatic carbocycles. The third-order valence-corrected chi connectivity index (χ3v) is 5.82. The van der Waals surface area contributed by atoms with Crippen molar-refractivity contribution in [3.05, 3.63) is 65.9 Å². The molecule has 35 heavy (non-hydrogen) atoms. The summed E-state index contributed by atoms with van der Waals surface area (Å²) >= 11 is 0. The molecule has 1 aliphatic heterocycles. The average Bonchev–Trinajstić information content (AvgIpc) is 3.42. The van der Waals surface area contributed by atoms with Gasteiger partial charge in [0, 0.05) is 18.3 Å². The molecular formula is C22H24N5O7P. The van der Waals surface area contributed by atoms with E-state index in [2.05, 4.69) is 19.8 Å². The molecule has 4 rings (SSSR count). The number of rotatable bonds is 8. The number of carbonyl (C=O) groups excluding carboxylic acids is 1. The summed E-state index contributed by atoms with van der Waals surface area (Å²) < 4.78 is 29.7. The van der Waals surface area contributed by atoms with Crippen LogP contribution in [0.2, 0.25) is 0 Å². The second-order valence-electron chi connectivity index (χ2n) is 7.71. The summed E-state index contributed by atoms with van der Waals surface area (Å²) in [6.07, 6.45) is 3.54. The highest BCUT2D eigenvalue weighted by molar-refractivity contribution is 7.55. The maximum atomic E-state index is 11.6. The van der Waals surface area contributed by atoms with Crippen molar-refractivity contribution in [2.24, 2.45) is 0 Å². The topological polar surface area (TPSA) is 172 Å². The lowest BCUT2D eigenvalue weighted by atomic mass is 10.2. The number of nitrogen functional groups attached to an aromatic ring is 1. The molecule has 3 heterocycles. The molecule has 0 saturated carbocycles. The Morgan fingerprint density at radius 1 is 1.31 bits per heavy atom. The Hall–Kier alpha value is -3.41. The number of hydrogen-bond donors (Lipinski definition) is 3. The molecule has 4 N–H and O–H groups in total. The van der Waals surface area contributed by atoms with Gasteiger partial charge in [0.05, 0.1) is 30.9 Å². The van der Waals surface area contributed by atoms with Crippen molar-refractivity contribution in [3.63, 3.8) is 0 Å². The Labute approximate surface area is 200 Å². The number of fused-ring (bicyclic) bond motifs is 1. The molecule has 184 valence electrons.